The van der Waals surface area contributed by atoms with Crippen molar-refractivity contribution >= 4 is 39.0 Å². The van der Waals surface area contributed by atoms with Crippen LogP contribution in [0.15, 0.2) is 22.5 Å². The van der Waals surface area contributed by atoms with Crippen LogP contribution in [0.5, 0.6) is 0 Å². The molecule has 1 aromatic heterocycles. The van der Waals surface area contributed by atoms with Crippen molar-refractivity contribution in [3.63, 3.8) is 0 Å². The first-order chi connectivity index (χ1) is 8.81. The van der Waals surface area contributed by atoms with Crippen molar-refractivity contribution in [3.8, 4) is 0 Å². The van der Waals surface area contributed by atoms with Gasteiger partial charge < -0.3 is 5.73 Å². The fourth-order valence-electron chi connectivity index (χ4n) is 2.47. The van der Waals surface area contributed by atoms with E-state index in [4.69, 9.17) is 10.7 Å². The number of fused-ring (bicyclic) bond motifs is 1. The smallest absolute Gasteiger partial charge is 0.151 e. The number of nitrogen functional groups attached to an aromatic ring is 1. The number of hydrogen-bond acceptors (Lipinski definition) is 4. The first-order valence-corrected chi connectivity index (χ1v) is 8.33. The normalized spacial score (nSPS) is 18.0. The maximum Gasteiger partial charge on any atom is 0.151 e. The summed E-state index contributed by atoms with van der Waals surface area (Å²) in [6.07, 6.45) is 8.29. The maximum atomic E-state index is 5.81. The molecule has 1 aliphatic rings. The van der Waals surface area contributed by atoms with Gasteiger partial charge in [0, 0.05) is 10.9 Å². The van der Waals surface area contributed by atoms with Gasteiger partial charge in [-0.1, -0.05) is 37.4 Å². The van der Waals surface area contributed by atoms with Crippen LogP contribution in [0.1, 0.15) is 38.5 Å². The Morgan fingerprint density at radius 2 is 1.94 bits per heavy atom. The summed E-state index contributed by atoms with van der Waals surface area (Å²) in [5.74, 6) is 0. The minimum atomic E-state index is 0.769. The predicted molar refractivity (Wildman–Crippen MR) is 81.4 cm³/mol. The quantitative estimate of drug-likeness (QED) is 0.639. The Kier molecular flexibility index (Phi) is 3.75. The first-order valence-electron chi connectivity index (χ1n) is 6.64. The molecular formula is C14H18N2S2. The second-order valence-corrected chi connectivity index (χ2v) is 7.52. The summed E-state index contributed by atoms with van der Waals surface area (Å²) in [6, 6.07) is 5.99. The van der Waals surface area contributed by atoms with Crippen LogP contribution in [0.2, 0.25) is 0 Å². The number of thioether (sulfide) groups is 1. The van der Waals surface area contributed by atoms with E-state index in [1.165, 1.54) is 47.6 Å². The molecule has 3 rings (SSSR count). The average Bonchev–Trinajstić information content (AvgIpc) is 2.57. The summed E-state index contributed by atoms with van der Waals surface area (Å²) in [5, 5.41) is 0.769. The number of nitrogens with zero attached hydrogens (tertiary/aromatic N) is 1. The Labute approximate surface area is 116 Å². The lowest BCUT2D eigenvalue weighted by Gasteiger charge is -2.10. The Bertz CT molecular complexity index is 528. The first kappa shape index (κ1) is 12.3. The molecule has 1 heterocycles. The third kappa shape index (κ3) is 2.81. The molecule has 0 bridgehead atoms. The summed E-state index contributed by atoms with van der Waals surface area (Å²) < 4.78 is 2.42. The van der Waals surface area contributed by atoms with Crippen LogP contribution in [0, 0.1) is 0 Å². The van der Waals surface area contributed by atoms with Gasteiger partial charge in [-0.3, -0.25) is 0 Å². The molecule has 2 N–H and O–H groups in total. The standard InChI is InChI=1S/C14H18N2S2/c15-10-7-8-12-13(9-10)18-14(16-12)17-11-5-3-1-2-4-6-11/h7-9,11H,1-6,15H2. The van der Waals surface area contributed by atoms with Crippen LogP contribution in [-0.2, 0) is 0 Å². The lowest BCUT2D eigenvalue weighted by atomic mass is 10.2. The second-order valence-electron chi connectivity index (χ2n) is 4.94. The molecule has 0 saturated heterocycles. The maximum absolute atomic E-state index is 5.81. The predicted octanol–water partition coefficient (Wildman–Crippen LogP) is 4.69. The third-order valence-corrected chi connectivity index (χ3v) is 5.91. The number of hydrogen-bond donors (Lipinski definition) is 1. The molecular weight excluding hydrogens is 260 g/mol. The van der Waals surface area contributed by atoms with E-state index in [2.05, 4.69) is 0 Å². The van der Waals surface area contributed by atoms with Crippen LogP contribution in [0.3, 0.4) is 0 Å². The van der Waals surface area contributed by atoms with Gasteiger partial charge in [0.1, 0.15) is 0 Å². The topological polar surface area (TPSA) is 38.9 Å². The highest BCUT2D eigenvalue weighted by Gasteiger charge is 2.15. The SMILES string of the molecule is Nc1ccc2nc(SC3CCCCCC3)sc2c1. The molecule has 0 spiro atoms. The Balaban J connectivity index is 1.77. The number of nitrogens with two attached hydrogens (primary N) is 1. The Morgan fingerprint density at radius 3 is 2.72 bits per heavy atom. The van der Waals surface area contributed by atoms with E-state index in [9.17, 15) is 0 Å². The van der Waals surface area contributed by atoms with Crippen molar-refractivity contribution in [1.29, 1.82) is 0 Å². The van der Waals surface area contributed by atoms with Gasteiger partial charge in [-0.25, -0.2) is 4.98 Å². The lowest BCUT2D eigenvalue weighted by Crippen LogP contribution is -1.99. The van der Waals surface area contributed by atoms with Crippen molar-refractivity contribution in [3.05, 3.63) is 18.2 Å². The number of benzene rings is 1. The number of anilines is 1. The molecule has 2 aromatic rings. The van der Waals surface area contributed by atoms with E-state index in [1.807, 2.05) is 30.0 Å². The van der Waals surface area contributed by atoms with Gasteiger partial charge in [0.15, 0.2) is 4.34 Å². The van der Waals surface area contributed by atoms with Gasteiger partial charge >= 0.3 is 0 Å². The van der Waals surface area contributed by atoms with Crippen molar-refractivity contribution < 1.29 is 0 Å². The fraction of sp³-hybridized carbons (Fsp3) is 0.500. The van der Waals surface area contributed by atoms with E-state index in [1.54, 1.807) is 11.3 Å². The molecule has 1 aromatic carbocycles. The molecule has 0 atom stereocenters. The summed E-state index contributed by atoms with van der Waals surface area (Å²) in [4.78, 5) is 4.70. The minimum Gasteiger partial charge on any atom is -0.399 e. The van der Waals surface area contributed by atoms with E-state index >= 15 is 0 Å². The van der Waals surface area contributed by atoms with Crippen LogP contribution >= 0.6 is 23.1 Å². The average molecular weight is 278 g/mol. The molecule has 2 nitrogen and oxygen atoms in total. The van der Waals surface area contributed by atoms with E-state index < -0.39 is 0 Å². The zero-order valence-corrected chi connectivity index (χ0v) is 12.0. The molecule has 96 valence electrons. The van der Waals surface area contributed by atoms with Crippen LogP contribution in [-0.4, -0.2) is 10.2 Å². The van der Waals surface area contributed by atoms with Crippen molar-refractivity contribution in [2.24, 2.45) is 0 Å². The van der Waals surface area contributed by atoms with Gasteiger partial charge in [-0.2, -0.15) is 0 Å². The highest BCUT2D eigenvalue weighted by atomic mass is 32.2. The minimum absolute atomic E-state index is 0.769. The molecule has 4 heteroatoms. The monoisotopic (exact) mass is 278 g/mol. The van der Waals surface area contributed by atoms with E-state index in [0.717, 1.165) is 16.5 Å². The molecule has 0 unspecified atom stereocenters. The van der Waals surface area contributed by atoms with Gasteiger partial charge in [0.25, 0.3) is 0 Å². The largest absolute Gasteiger partial charge is 0.399 e. The summed E-state index contributed by atoms with van der Waals surface area (Å²) in [7, 11) is 0. The number of thiazole rings is 1. The third-order valence-electron chi connectivity index (χ3n) is 3.46. The second kappa shape index (κ2) is 5.49. The van der Waals surface area contributed by atoms with Crippen LogP contribution < -0.4 is 5.73 Å². The Morgan fingerprint density at radius 1 is 1.17 bits per heavy atom. The van der Waals surface area contributed by atoms with E-state index in [-0.39, 0.29) is 0 Å². The van der Waals surface area contributed by atoms with E-state index in [0.29, 0.717) is 0 Å². The zero-order chi connectivity index (χ0) is 12.4. The summed E-state index contributed by atoms with van der Waals surface area (Å²) >= 11 is 3.76. The van der Waals surface area contributed by atoms with Crippen molar-refractivity contribution in [2.75, 3.05) is 5.73 Å². The van der Waals surface area contributed by atoms with Gasteiger partial charge in [0.05, 0.1) is 10.2 Å². The summed E-state index contributed by atoms with van der Waals surface area (Å²) in [6.45, 7) is 0. The Hall–Kier alpha value is -0.740. The van der Waals surface area contributed by atoms with Crippen molar-refractivity contribution in [2.45, 2.75) is 48.1 Å². The number of rotatable bonds is 2. The number of aromatic nitrogens is 1. The molecule has 0 aliphatic heterocycles. The molecule has 18 heavy (non-hydrogen) atoms. The molecule has 0 amide bonds. The van der Waals surface area contributed by atoms with Crippen LogP contribution in [0.25, 0.3) is 10.2 Å². The molecule has 0 radical (unpaired) electrons. The van der Waals surface area contributed by atoms with Crippen LogP contribution in [0.4, 0.5) is 5.69 Å². The highest BCUT2D eigenvalue weighted by molar-refractivity contribution is 8.01. The molecule has 1 aliphatic carbocycles. The zero-order valence-electron chi connectivity index (χ0n) is 10.4. The van der Waals surface area contributed by atoms with Gasteiger partial charge in [-0.15, -0.1) is 11.3 Å². The highest BCUT2D eigenvalue weighted by Crippen LogP contribution is 2.37. The molecule has 1 saturated carbocycles. The van der Waals surface area contributed by atoms with Gasteiger partial charge in [0.2, 0.25) is 0 Å². The fourth-order valence-corrected chi connectivity index (χ4v) is 5.09. The lowest BCUT2D eigenvalue weighted by molar-refractivity contribution is 0.702. The molecule has 1 fully saturated rings. The summed E-state index contributed by atoms with van der Waals surface area (Å²) in [5.41, 5.74) is 7.73. The van der Waals surface area contributed by atoms with Crippen molar-refractivity contribution in [1.82, 2.24) is 4.98 Å². The van der Waals surface area contributed by atoms with Gasteiger partial charge in [-0.05, 0) is 31.0 Å².